The Morgan fingerprint density at radius 1 is 1.26 bits per heavy atom. The second-order valence-corrected chi connectivity index (χ2v) is 4.40. The molecule has 0 atom stereocenters. The molecule has 1 aromatic carbocycles. The third-order valence-electron chi connectivity index (χ3n) is 3.15. The molecule has 0 aliphatic heterocycles. The van der Waals surface area contributed by atoms with Gasteiger partial charge in [0.05, 0.1) is 5.56 Å². The lowest BCUT2D eigenvalue weighted by Gasteiger charge is -2.10. The molecule has 0 unspecified atom stereocenters. The number of rotatable bonds is 3. The highest BCUT2D eigenvalue weighted by Crippen LogP contribution is 2.14. The molecule has 0 aliphatic rings. The zero-order chi connectivity index (χ0) is 14.0. The Kier molecular flexibility index (Phi) is 3.51. The van der Waals surface area contributed by atoms with Gasteiger partial charge in [-0.3, -0.25) is 9.36 Å². The quantitative estimate of drug-likeness (QED) is 0.918. The number of carbonyl (C=O) groups is 1. The molecular weight excluding hydrogens is 242 g/mol. The zero-order valence-corrected chi connectivity index (χ0v) is 10.9. The molecule has 1 aromatic heterocycles. The first-order valence-electron chi connectivity index (χ1n) is 6.09. The summed E-state index contributed by atoms with van der Waals surface area (Å²) >= 11 is 0. The van der Waals surface area contributed by atoms with E-state index >= 15 is 0 Å². The van der Waals surface area contributed by atoms with Gasteiger partial charge in [0.15, 0.2) is 0 Å². The maximum absolute atomic E-state index is 11.8. The molecule has 2 aromatic rings. The lowest BCUT2D eigenvalue weighted by Crippen LogP contribution is -2.18. The van der Waals surface area contributed by atoms with E-state index < -0.39 is 5.97 Å². The Labute approximate surface area is 110 Å². The number of nitrogens with zero attached hydrogens (tertiary/aromatic N) is 1. The van der Waals surface area contributed by atoms with Crippen molar-refractivity contribution < 1.29 is 9.90 Å². The van der Waals surface area contributed by atoms with Crippen LogP contribution >= 0.6 is 0 Å². The number of hydrogen-bond acceptors (Lipinski definition) is 2. The van der Waals surface area contributed by atoms with Crippen LogP contribution in [0, 0.1) is 6.92 Å². The van der Waals surface area contributed by atoms with Gasteiger partial charge in [0, 0.05) is 18.0 Å². The summed E-state index contributed by atoms with van der Waals surface area (Å²) in [6.07, 6.45) is 2.22. The summed E-state index contributed by atoms with van der Waals surface area (Å²) in [5.41, 5.74) is 2.85. The molecular formula is C15H15NO3. The smallest absolute Gasteiger partial charge is 0.337 e. The van der Waals surface area contributed by atoms with E-state index in [0.29, 0.717) is 5.69 Å². The number of hydrogen-bond donors (Lipinski definition) is 1. The highest BCUT2D eigenvalue weighted by atomic mass is 16.4. The van der Waals surface area contributed by atoms with E-state index in [0.717, 1.165) is 17.5 Å². The lowest BCUT2D eigenvalue weighted by atomic mass is 10.1. The highest BCUT2D eigenvalue weighted by Gasteiger charge is 2.07. The van der Waals surface area contributed by atoms with Crippen LogP contribution in [0.3, 0.4) is 0 Å². The number of pyridine rings is 1. The van der Waals surface area contributed by atoms with Crippen LogP contribution in [-0.2, 0) is 6.42 Å². The van der Waals surface area contributed by atoms with Crippen molar-refractivity contribution in [2.75, 3.05) is 0 Å². The molecule has 0 spiro atoms. The van der Waals surface area contributed by atoms with Crippen molar-refractivity contribution in [3.8, 4) is 5.69 Å². The van der Waals surface area contributed by atoms with Gasteiger partial charge in [-0.05, 0) is 42.7 Å². The summed E-state index contributed by atoms with van der Waals surface area (Å²) in [5, 5.41) is 8.98. The molecule has 0 bridgehead atoms. The largest absolute Gasteiger partial charge is 0.478 e. The first-order chi connectivity index (χ1) is 9.02. The van der Waals surface area contributed by atoms with Gasteiger partial charge in [-0.25, -0.2) is 4.79 Å². The maximum Gasteiger partial charge on any atom is 0.337 e. The summed E-state index contributed by atoms with van der Waals surface area (Å²) in [5.74, 6) is -1.04. The molecule has 0 aliphatic carbocycles. The second kappa shape index (κ2) is 5.10. The average molecular weight is 257 g/mol. The molecule has 4 heteroatoms. The third-order valence-corrected chi connectivity index (χ3v) is 3.15. The fourth-order valence-corrected chi connectivity index (χ4v) is 2.00. The van der Waals surface area contributed by atoms with Gasteiger partial charge in [0.25, 0.3) is 5.56 Å². The summed E-state index contributed by atoms with van der Waals surface area (Å²) < 4.78 is 1.36. The Hall–Kier alpha value is -2.36. The molecule has 1 N–H and O–H groups in total. The summed E-state index contributed by atoms with van der Waals surface area (Å²) in [6, 6.07) is 8.27. The highest BCUT2D eigenvalue weighted by molar-refractivity contribution is 5.87. The Bertz CT molecular complexity index is 686. The van der Waals surface area contributed by atoms with E-state index in [2.05, 4.69) is 0 Å². The number of carboxylic acids is 1. The maximum atomic E-state index is 11.8. The third kappa shape index (κ3) is 2.57. The summed E-state index contributed by atoms with van der Waals surface area (Å²) in [7, 11) is 0. The molecule has 2 rings (SSSR count). The first kappa shape index (κ1) is 13.1. The van der Waals surface area contributed by atoms with Crippen LogP contribution in [0.1, 0.15) is 28.4 Å². The van der Waals surface area contributed by atoms with Crippen molar-refractivity contribution in [2.24, 2.45) is 0 Å². The molecule has 4 nitrogen and oxygen atoms in total. The fourth-order valence-electron chi connectivity index (χ4n) is 2.00. The van der Waals surface area contributed by atoms with E-state index in [9.17, 15) is 9.59 Å². The Morgan fingerprint density at radius 2 is 2.00 bits per heavy atom. The molecule has 0 fully saturated rings. The molecule has 19 heavy (non-hydrogen) atoms. The predicted octanol–water partition coefficient (Wildman–Crippen LogP) is 2.41. The van der Waals surface area contributed by atoms with E-state index in [1.165, 1.54) is 22.9 Å². The monoisotopic (exact) mass is 257 g/mol. The van der Waals surface area contributed by atoms with Crippen LogP contribution < -0.4 is 5.56 Å². The van der Waals surface area contributed by atoms with Crippen molar-refractivity contribution in [3.05, 3.63) is 63.6 Å². The summed E-state index contributed by atoms with van der Waals surface area (Å²) in [6.45, 7) is 4.06. The molecule has 0 amide bonds. The van der Waals surface area contributed by atoms with Crippen LogP contribution in [0.4, 0.5) is 0 Å². The van der Waals surface area contributed by atoms with Crippen LogP contribution in [-0.4, -0.2) is 15.6 Å². The zero-order valence-electron chi connectivity index (χ0n) is 10.9. The number of benzene rings is 1. The van der Waals surface area contributed by atoms with Crippen molar-refractivity contribution in [1.82, 2.24) is 4.57 Å². The molecule has 0 saturated heterocycles. The van der Waals surface area contributed by atoms with Crippen molar-refractivity contribution in [1.29, 1.82) is 0 Å². The standard InChI is InChI=1S/C15H15NO3/c1-3-11-8-13(6-4-10(11)2)16-9-12(15(18)19)5-7-14(16)17/h4-9H,3H2,1-2H3,(H,18,19). The van der Waals surface area contributed by atoms with Gasteiger partial charge in [0.1, 0.15) is 0 Å². The number of aromatic carboxylic acids is 1. The minimum atomic E-state index is -1.04. The number of aryl methyl sites for hydroxylation is 2. The molecule has 0 saturated carbocycles. The van der Waals surface area contributed by atoms with Crippen LogP contribution in [0.2, 0.25) is 0 Å². The second-order valence-electron chi connectivity index (χ2n) is 4.40. The van der Waals surface area contributed by atoms with Crippen molar-refractivity contribution >= 4 is 5.97 Å². The SMILES string of the molecule is CCc1cc(-n2cc(C(=O)O)ccc2=O)ccc1C. The molecule has 98 valence electrons. The molecule has 1 heterocycles. The van der Waals surface area contributed by atoms with E-state index in [4.69, 9.17) is 5.11 Å². The number of carboxylic acid groups (broad SMARTS) is 1. The van der Waals surface area contributed by atoms with Gasteiger partial charge in [-0.15, -0.1) is 0 Å². The van der Waals surface area contributed by atoms with Crippen LogP contribution in [0.25, 0.3) is 5.69 Å². The normalized spacial score (nSPS) is 10.4. The van der Waals surface area contributed by atoms with Gasteiger partial charge in [-0.1, -0.05) is 13.0 Å². The Balaban J connectivity index is 2.61. The van der Waals surface area contributed by atoms with Gasteiger partial charge >= 0.3 is 5.97 Å². The minimum absolute atomic E-state index is 0.0956. The van der Waals surface area contributed by atoms with Crippen LogP contribution in [0.5, 0.6) is 0 Å². The minimum Gasteiger partial charge on any atom is -0.478 e. The van der Waals surface area contributed by atoms with Crippen LogP contribution in [0.15, 0.2) is 41.3 Å². The fraction of sp³-hybridized carbons (Fsp3) is 0.200. The predicted molar refractivity (Wildman–Crippen MR) is 73.1 cm³/mol. The van der Waals surface area contributed by atoms with Gasteiger partial charge in [-0.2, -0.15) is 0 Å². The molecule has 0 radical (unpaired) electrons. The van der Waals surface area contributed by atoms with Crippen molar-refractivity contribution in [3.63, 3.8) is 0 Å². The van der Waals surface area contributed by atoms with E-state index in [1.807, 2.05) is 32.0 Å². The lowest BCUT2D eigenvalue weighted by molar-refractivity contribution is 0.0696. The average Bonchev–Trinajstić information content (AvgIpc) is 2.40. The van der Waals surface area contributed by atoms with Gasteiger partial charge in [0.2, 0.25) is 0 Å². The number of aromatic nitrogens is 1. The van der Waals surface area contributed by atoms with E-state index in [1.54, 1.807) is 0 Å². The topological polar surface area (TPSA) is 59.3 Å². The van der Waals surface area contributed by atoms with E-state index in [-0.39, 0.29) is 11.1 Å². The summed E-state index contributed by atoms with van der Waals surface area (Å²) in [4.78, 5) is 22.8. The Morgan fingerprint density at radius 3 is 2.63 bits per heavy atom. The van der Waals surface area contributed by atoms with Gasteiger partial charge < -0.3 is 5.11 Å². The van der Waals surface area contributed by atoms with Crippen molar-refractivity contribution in [2.45, 2.75) is 20.3 Å². The first-order valence-corrected chi connectivity index (χ1v) is 6.09.